The lowest BCUT2D eigenvalue weighted by Gasteiger charge is -2.16. The predicted molar refractivity (Wildman–Crippen MR) is 134 cm³/mol. The second-order valence-corrected chi connectivity index (χ2v) is 8.20. The molecule has 3 nitrogen and oxygen atoms in total. The number of nitrogens with two attached hydrogens (primary N) is 1. The summed E-state index contributed by atoms with van der Waals surface area (Å²) in [7, 11) is 0. The molecule has 3 rings (SSSR count). The highest BCUT2D eigenvalue weighted by atomic mass is 14.8. The van der Waals surface area contributed by atoms with Crippen LogP contribution < -0.4 is 5.73 Å². The van der Waals surface area contributed by atoms with Crippen LogP contribution in [-0.4, -0.2) is 11.9 Å². The first-order chi connectivity index (χ1) is 15.0. The lowest BCUT2D eigenvalue weighted by atomic mass is 9.93. The van der Waals surface area contributed by atoms with Gasteiger partial charge in [-0.3, -0.25) is 4.99 Å². The molecule has 0 amide bonds. The molecule has 2 N–H and O–H groups in total. The summed E-state index contributed by atoms with van der Waals surface area (Å²) in [5.74, 6) is 0.770. The second kappa shape index (κ2) is 10.5. The van der Waals surface area contributed by atoms with Gasteiger partial charge in [0.1, 0.15) is 0 Å². The van der Waals surface area contributed by atoms with E-state index in [-0.39, 0.29) is 0 Å². The Hall–Kier alpha value is -3.46. The van der Waals surface area contributed by atoms with E-state index in [1.54, 1.807) is 6.21 Å². The van der Waals surface area contributed by atoms with Crippen LogP contribution in [0.15, 0.2) is 101 Å². The molecule has 31 heavy (non-hydrogen) atoms. The Kier molecular flexibility index (Phi) is 7.55. The highest BCUT2D eigenvalue weighted by Gasteiger charge is 2.12. The van der Waals surface area contributed by atoms with E-state index >= 15 is 0 Å². The molecule has 0 spiro atoms. The summed E-state index contributed by atoms with van der Waals surface area (Å²) in [6.45, 7) is 8.77. The van der Waals surface area contributed by atoms with Crippen LogP contribution in [0.4, 0.5) is 11.4 Å². The third-order valence-electron chi connectivity index (χ3n) is 5.06. The standard InChI is InChI=1S/C28H31N3/c1-20(2)25-16-11-17-26(21(3)4)28(25)30-19-23(29)18-27(22-12-7-5-8-13-22)31-24-14-9-6-10-15-24/h5-21H,29H2,1-4H3. The van der Waals surface area contributed by atoms with Crippen molar-refractivity contribution in [2.45, 2.75) is 39.5 Å². The van der Waals surface area contributed by atoms with Gasteiger partial charge in [0.2, 0.25) is 0 Å². The molecule has 0 bridgehead atoms. The first-order valence-electron chi connectivity index (χ1n) is 10.8. The lowest BCUT2D eigenvalue weighted by molar-refractivity contribution is 0.835. The molecule has 0 radical (unpaired) electrons. The van der Waals surface area contributed by atoms with Gasteiger partial charge in [-0.15, -0.1) is 0 Å². The summed E-state index contributed by atoms with van der Waals surface area (Å²) in [6, 6.07) is 26.4. The third-order valence-corrected chi connectivity index (χ3v) is 5.06. The van der Waals surface area contributed by atoms with Crippen molar-refractivity contribution in [3.8, 4) is 0 Å². The molecule has 0 saturated heterocycles. The molecule has 158 valence electrons. The minimum absolute atomic E-state index is 0.385. The molecule has 0 aliphatic heterocycles. The van der Waals surface area contributed by atoms with E-state index in [0.717, 1.165) is 22.6 Å². The molecule has 0 aromatic heterocycles. The molecule has 0 fully saturated rings. The topological polar surface area (TPSA) is 50.7 Å². The second-order valence-electron chi connectivity index (χ2n) is 8.20. The van der Waals surface area contributed by atoms with Crippen LogP contribution in [0.1, 0.15) is 56.2 Å². The third kappa shape index (κ3) is 6.02. The van der Waals surface area contributed by atoms with E-state index in [1.807, 2.05) is 66.7 Å². The van der Waals surface area contributed by atoms with Gasteiger partial charge in [-0.1, -0.05) is 94.4 Å². The van der Waals surface area contributed by atoms with E-state index in [9.17, 15) is 0 Å². The van der Waals surface area contributed by atoms with E-state index in [0.29, 0.717) is 17.5 Å². The summed E-state index contributed by atoms with van der Waals surface area (Å²) < 4.78 is 0. The average molecular weight is 410 g/mol. The number of aliphatic imine (C=N–C) groups is 2. The van der Waals surface area contributed by atoms with Gasteiger partial charge < -0.3 is 5.73 Å². The molecule has 0 unspecified atom stereocenters. The van der Waals surface area contributed by atoms with Crippen molar-refractivity contribution < 1.29 is 0 Å². The summed E-state index contributed by atoms with van der Waals surface area (Å²) in [6.07, 6.45) is 3.63. The molecule has 0 heterocycles. The van der Waals surface area contributed by atoms with Crippen LogP contribution in [0.2, 0.25) is 0 Å². The minimum Gasteiger partial charge on any atom is -0.397 e. The van der Waals surface area contributed by atoms with Gasteiger partial charge in [-0.05, 0) is 41.2 Å². The van der Waals surface area contributed by atoms with Gasteiger partial charge in [0.05, 0.1) is 29.0 Å². The Bertz CT molecular complexity index is 1050. The van der Waals surface area contributed by atoms with E-state index in [1.165, 1.54) is 11.1 Å². The highest BCUT2D eigenvalue weighted by Crippen LogP contribution is 2.34. The summed E-state index contributed by atoms with van der Waals surface area (Å²) >= 11 is 0. The zero-order chi connectivity index (χ0) is 22.2. The van der Waals surface area contributed by atoms with Gasteiger partial charge >= 0.3 is 0 Å². The van der Waals surface area contributed by atoms with Crippen molar-refractivity contribution in [3.63, 3.8) is 0 Å². The molecule has 0 aliphatic carbocycles. The number of rotatable bonds is 7. The van der Waals surface area contributed by atoms with Crippen LogP contribution >= 0.6 is 0 Å². The van der Waals surface area contributed by atoms with Gasteiger partial charge in [0.25, 0.3) is 0 Å². The molecule has 3 aromatic rings. The summed E-state index contributed by atoms with van der Waals surface area (Å²) in [4.78, 5) is 9.64. The SMILES string of the molecule is CC(C)c1cccc(C(C)C)c1N=CC(N)=CC(=Nc1ccccc1)c1ccccc1. The number of para-hydroxylation sites is 2. The fourth-order valence-corrected chi connectivity index (χ4v) is 3.43. The maximum absolute atomic E-state index is 6.40. The van der Waals surface area contributed by atoms with Crippen LogP contribution in [-0.2, 0) is 0 Å². The van der Waals surface area contributed by atoms with Crippen molar-refractivity contribution in [3.05, 3.63) is 107 Å². The van der Waals surface area contributed by atoms with Gasteiger partial charge in [0.15, 0.2) is 0 Å². The number of benzene rings is 3. The Morgan fingerprint density at radius 3 is 1.84 bits per heavy atom. The van der Waals surface area contributed by atoms with Gasteiger partial charge in [-0.25, -0.2) is 4.99 Å². The zero-order valence-corrected chi connectivity index (χ0v) is 18.8. The van der Waals surface area contributed by atoms with E-state index in [4.69, 9.17) is 15.7 Å². The van der Waals surface area contributed by atoms with Gasteiger partial charge in [0, 0.05) is 5.56 Å². The summed E-state index contributed by atoms with van der Waals surface area (Å²) in [5.41, 5.74) is 13.1. The minimum atomic E-state index is 0.385. The molecule has 0 saturated carbocycles. The molecule has 0 atom stereocenters. The lowest BCUT2D eigenvalue weighted by Crippen LogP contribution is -2.05. The van der Waals surface area contributed by atoms with Crippen molar-refractivity contribution in [1.29, 1.82) is 0 Å². The Morgan fingerprint density at radius 2 is 1.29 bits per heavy atom. The van der Waals surface area contributed by atoms with Crippen LogP contribution in [0, 0.1) is 0 Å². The van der Waals surface area contributed by atoms with Crippen LogP contribution in [0.25, 0.3) is 0 Å². The fraction of sp³-hybridized carbons (Fsp3) is 0.214. The van der Waals surface area contributed by atoms with Crippen molar-refractivity contribution >= 4 is 23.3 Å². The normalized spacial score (nSPS) is 12.8. The van der Waals surface area contributed by atoms with Crippen molar-refractivity contribution in [2.24, 2.45) is 15.7 Å². The predicted octanol–water partition coefficient (Wildman–Crippen LogP) is 7.30. The first-order valence-corrected chi connectivity index (χ1v) is 10.8. The molecular formula is C28H31N3. The van der Waals surface area contributed by atoms with Crippen LogP contribution in [0.3, 0.4) is 0 Å². The molecule has 3 aromatic carbocycles. The largest absolute Gasteiger partial charge is 0.397 e. The molecule has 0 aliphatic rings. The quantitative estimate of drug-likeness (QED) is 0.409. The van der Waals surface area contributed by atoms with E-state index < -0.39 is 0 Å². The first kappa shape index (κ1) is 22.2. The number of hydrogen-bond acceptors (Lipinski definition) is 3. The van der Waals surface area contributed by atoms with Gasteiger partial charge in [-0.2, -0.15) is 0 Å². The maximum atomic E-state index is 6.40. The fourth-order valence-electron chi connectivity index (χ4n) is 3.43. The monoisotopic (exact) mass is 409 g/mol. The van der Waals surface area contributed by atoms with Crippen LogP contribution in [0.5, 0.6) is 0 Å². The Morgan fingerprint density at radius 1 is 0.742 bits per heavy atom. The van der Waals surface area contributed by atoms with Crippen molar-refractivity contribution in [2.75, 3.05) is 0 Å². The number of nitrogens with zero attached hydrogens (tertiary/aromatic N) is 2. The zero-order valence-electron chi connectivity index (χ0n) is 18.8. The van der Waals surface area contributed by atoms with Crippen molar-refractivity contribution in [1.82, 2.24) is 0 Å². The molecule has 3 heteroatoms. The molecular weight excluding hydrogens is 378 g/mol. The Balaban J connectivity index is 2.01. The number of hydrogen-bond donors (Lipinski definition) is 1. The summed E-state index contributed by atoms with van der Waals surface area (Å²) in [5, 5.41) is 0. The highest BCUT2D eigenvalue weighted by molar-refractivity contribution is 6.12. The maximum Gasteiger partial charge on any atom is 0.0730 e. The number of allylic oxidation sites excluding steroid dienone is 2. The van der Waals surface area contributed by atoms with E-state index in [2.05, 4.69) is 45.9 Å². The smallest absolute Gasteiger partial charge is 0.0730 e. The average Bonchev–Trinajstić information content (AvgIpc) is 2.78. The Labute approximate surface area is 186 Å².